The fourth-order valence-corrected chi connectivity index (χ4v) is 2.82. The molecule has 2 N–H and O–H groups in total. The minimum Gasteiger partial charge on any atom is -0.327 e. The second kappa shape index (κ2) is 5.31. The second-order valence-electron chi connectivity index (χ2n) is 5.43. The van der Waals surface area contributed by atoms with Crippen LogP contribution in [0.1, 0.15) is 51.9 Å². The molecule has 2 fully saturated rings. The predicted molar refractivity (Wildman–Crippen MR) is 64.8 cm³/mol. The molecule has 0 heterocycles. The van der Waals surface area contributed by atoms with E-state index >= 15 is 0 Å². The van der Waals surface area contributed by atoms with Gasteiger partial charge in [0.25, 0.3) is 0 Å². The summed E-state index contributed by atoms with van der Waals surface area (Å²) in [5.74, 6) is 0.794. The van der Waals surface area contributed by atoms with E-state index in [1.165, 1.54) is 58.0 Å². The van der Waals surface area contributed by atoms with E-state index in [9.17, 15) is 0 Å². The molecule has 2 aliphatic rings. The van der Waals surface area contributed by atoms with Crippen LogP contribution in [0.4, 0.5) is 0 Å². The van der Waals surface area contributed by atoms with Gasteiger partial charge in [0.05, 0.1) is 0 Å². The Morgan fingerprint density at radius 2 is 2.00 bits per heavy atom. The van der Waals surface area contributed by atoms with E-state index in [-0.39, 0.29) is 0 Å². The number of hydrogen-bond donors (Lipinski definition) is 1. The Morgan fingerprint density at radius 1 is 1.20 bits per heavy atom. The minimum absolute atomic E-state index is 0.493. The highest BCUT2D eigenvalue weighted by Crippen LogP contribution is 2.31. The van der Waals surface area contributed by atoms with Gasteiger partial charge < -0.3 is 10.6 Å². The third-order valence-corrected chi connectivity index (χ3v) is 4.05. The van der Waals surface area contributed by atoms with Gasteiger partial charge in [-0.15, -0.1) is 0 Å². The van der Waals surface area contributed by atoms with Crippen LogP contribution in [-0.2, 0) is 0 Å². The number of nitrogens with two attached hydrogens (primary N) is 1. The molecule has 0 spiro atoms. The first-order valence-corrected chi connectivity index (χ1v) is 6.81. The molecule has 0 radical (unpaired) electrons. The van der Waals surface area contributed by atoms with Crippen molar-refractivity contribution < 1.29 is 0 Å². The molecule has 15 heavy (non-hydrogen) atoms. The van der Waals surface area contributed by atoms with Crippen LogP contribution in [0.2, 0.25) is 0 Å². The summed E-state index contributed by atoms with van der Waals surface area (Å²) in [5, 5.41) is 0. The zero-order valence-electron chi connectivity index (χ0n) is 10.1. The molecule has 2 unspecified atom stereocenters. The van der Waals surface area contributed by atoms with Crippen molar-refractivity contribution in [2.24, 2.45) is 11.7 Å². The third kappa shape index (κ3) is 3.18. The molecule has 88 valence electrons. The molecule has 0 aromatic carbocycles. The molecule has 0 bridgehead atoms. The van der Waals surface area contributed by atoms with Gasteiger partial charge in [-0.05, 0) is 44.6 Å². The molecule has 0 saturated heterocycles. The van der Waals surface area contributed by atoms with E-state index in [0.29, 0.717) is 6.04 Å². The quantitative estimate of drug-likeness (QED) is 0.729. The number of nitrogens with zero attached hydrogens (tertiary/aromatic N) is 1. The predicted octanol–water partition coefficient (Wildman–Crippen LogP) is 2.38. The first kappa shape index (κ1) is 11.4. The van der Waals surface area contributed by atoms with Crippen molar-refractivity contribution in [1.82, 2.24) is 4.90 Å². The summed E-state index contributed by atoms with van der Waals surface area (Å²) < 4.78 is 0. The van der Waals surface area contributed by atoms with Crippen LogP contribution >= 0.6 is 0 Å². The van der Waals surface area contributed by atoms with Gasteiger partial charge in [0.1, 0.15) is 0 Å². The van der Waals surface area contributed by atoms with E-state index < -0.39 is 0 Å². The lowest BCUT2D eigenvalue weighted by Gasteiger charge is -2.27. The fourth-order valence-electron chi connectivity index (χ4n) is 2.82. The zero-order valence-corrected chi connectivity index (χ0v) is 10.1. The summed E-state index contributed by atoms with van der Waals surface area (Å²) in [6.07, 6.45) is 9.54. The van der Waals surface area contributed by atoms with Crippen LogP contribution in [0.25, 0.3) is 0 Å². The molecule has 2 heteroatoms. The van der Waals surface area contributed by atoms with E-state index in [2.05, 4.69) is 11.8 Å². The highest BCUT2D eigenvalue weighted by atomic mass is 15.2. The van der Waals surface area contributed by atoms with Gasteiger partial charge in [0.2, 0.25) is 0 Å². The summed E-state index contributed by atoms with van der Waals surface area (Å²) in [6, 6.07) is 1.41. The largest absolute Gasteiger partial charge is 0.327 e. The summed E-state index contributed by atoms with van der Waals surface area (Å²) >= 11 is 0. The molecular formula is C13H26N2. The van der Waals surface area contributed by atoms with Gasteiger partial charge >= 0.3 is 0 Å². The van der Waals surface area contributed by atoms with Gasteiger partial charge in [-0.3, -0.25) is 0 Å². The molecule has 0 aliphatic heterocycles. The fraction of sp³-hybridized carbons (Fsp3) is 1.00. The van der Waals surface area contributed by atoms with E-state index in [0.717, 1.165) is 12.0 Å². The van der Waals surface area contributed by atoms with Crippen molar-refractivity contribution in [2.45, 2.75) is 64.0 Å². The molecular weight excluding hydrogens is 184 g/mol. The summed E-state index contributed by atoms with van der Waals surface area (Å²) in [7, 11) is 0. The lowest BCUT2D eigenvalue weighted by atomic mass is 10.0. The molecule has 2 rings (SSSR count). The van der Waals surface area contributed by atoms with E-state index in [4.69, 9.17) is 5.73 Å². The Labute approximate surface area is 94.2 Å². The lowest BCUT2D eigenvalue weighted by Crippen LogP contribution is -2.38. The molecule has 0 aromatic rings. The number of rotatable bonds is 6. The Bertz CT molecular complexity index is 189. The lowest BCUT2D eigenvalue weighted by molar-refractivity contribution is 0.211. The Morgan fingerprint density at radius 3 is 2.53 bits per heavy atom. The van der Waals surface area contributed by atoms with Gasteiger partial charge in [-0.25, -0.2) is 0 Å². The monoisotopic (exact) mass is 210 g/mol. The average molecular weight is 210 g/mol. The minimum atomic E-state index is 0.493. The van der Waals surface area contributed by atoms with Crippen molar-refractivity contribution in [3.63, 3.8) is 0 Å². The summed E-state index contributed by atoms with van der Waals surface area (Å²) in [6.45, 7) is 4.88. The highest BCUT2D eigenvalue weighted by Gasteiger charge is 2.32. The first-order chi connectivity index (χ1) is 7.31. The maximum Gasteiger partial charge on any atom is 0.00965 e. The number of hydrogen-bond acceptors (Lipinski definition) is 2. The van der Waals surface area contributed by atoms with Crippen molar-refractivity contribution >= 4 is 0 Å². The second-order valence-corrected chi connectivity index (χ2v) is 5.43. The van der Waals surface area contributed by atoms with Crippen molar-refractivity contribution in [2.75, 3.05) is 13.1 Å². The maximum absolute atomic E-state index is 6.15. The summed E-state index contributed by atoms with van der Waals surface area (Å²) in [5.41, 5.74) is 6.15. The van der Waals surface area contributed by atoms with E-state index in [1.807, 2.05) is 0 Å². The van der Waals surface area contributed by atoms with E-state index in [1.54, 1.807) is 0 Å². The molecule has 2 aliphatic carbocycles. The molecule has 0 aromatic heterocycles. The van der Waals surface area contributed by atoms with Crippen LogP contribution in [0, 0.1) is 5.92 Å². The van der Waals surface area contributed by atoms with Crippen molar-refractivity contribution in [3.8, 4) is 0 Å². The van der Waals surface area contributed by atoms with Gasteiger partial charge in [0, 0.05) is 18.6 Å². The normalized spacial score (nSPS) is 31.4. The summed E-state index contributed by atoms with van der Waals surface area (Å²) in [4.78, 5) is 2.72. The Balaban J connectivity index is 1.77. The Hall–Kier alpha value is -0.0800. The van der Waals surface area contributed by atoms with Crippen LogP contribution in [-0.4, -0.2) is 30.1 Å². The SMILES string of the molecule is CCCCN(CC1CCCC1N)C1CC1. The van der Waals surface area contributed by atoms with Crippen molar-refractivity contribution in [1.29, 1.82) is 0 Å². The van der Waals surface area contributed by atoms with Gasteiger partial charge in [-0.2, -0.15) is 0 Å². The van der Waals surface area contributed by atoms with Crippen LogP contribution in [0.15, 0.2) is 0 Å². The van der Waals surface area contributed by atoms with Crippen LogP contribution < -0.4 is 5.73 Å². The zero-order chi connectivity index (χ0) is 10.7. The molecule has 0 amide bonds. The maximum atomic E-state index is 6.15. The van der Waals surface area contributed by atoms with Gasteiger partial charge in [-0.1, -0.05) is 19.8 Å². The van der Waals surface area contributed by atoms with Crippen LogP contribution in [0.5, 0.6) is 0 Å². The topological polar surface area (TPSA) is 29.3 Å². The molecule has 2 saturated carbocycles. The smallest absolute Gasteiger partial charge is 0.00965 e. The average Bonchev–Trinajstić information content (AvgIpc) is 2.99. The highest BCUT2D eigenvalue weighted by molar-refractivity contribution is 4.89. The standard InChI is InChI=1S/C13H26N2/c1-2-3-9-15(12-7-8-12)10-11-5-4-6-13(11)14/h11-13H,2-10,14H2,1H3. The van der Waals surface area contributed by atoms with Gasteiger partial charge in [0.15, 0.2) is 0 Å². The first-order valence-electron chi connectivity index (χ1n) is 6.81. The number of unbranched alkanes of at least 4 members (excludes halogenated alkanes) is 1. The Kier molecular flexibility index (Phi) is 4.04. The van der Waals surface area contributed by atoms with Crippen molar-refractivity contribution in [3.05, 3.63) is 0 Å². The molecule has 2 atom stereocenters. The molecule has 2 nitrogen and oxygen atoms in total. The van der Waals surface area contributed by atoms with Crippen LogP contribution in [0.3, 0.4) is 0 Å². The third-order valence-electron chi connectivity index (χ3n) is 4.05.